The van der Waals surface area contributed by atoms with Crippen molar-refractivity contribution in [1.29, 1.82) is 0 Å². The topological polar surface area (TPSA) is 46.6 Å². The average molecular weight is 312 g/mol. The Morgan fingerprint density at radius 2 is 2.00 bits per heavy atom. The summed E-state index contributed by atoms with van der Waals surface area (Å²) >= 11 is 3.41. The molecule has 0 fully saturated rings. The number of anilines is 1. The first-order valence-corrected chi connectivity index (χ1v) is 6.30. The summed E-state index contributed by atoms with van der Waals surface area (Å²) in [6.45, 7) is 3.70. The Morgan fingerprint density at radius 1 is 1.39 bits per heavy atom. The fourth-order valence-electron chi connectivity index (χ4n) is 2.29. The first kappa shape index (κ1) is 13.1. The van der Waals surface area contributed by atoms with Crippen molar-refractivity contribution in [3.63, 3.8) is 0 Å². The van der Waals surface area contributed by atoms with Crippen LogP contribution in [0.15, 0.2) is 16.6 Å². The van der Waals surface area contributed by atoms with Crippen LogP contribution in [0.25, 0.3) is 0 Å². The minimum atomic E-state index is -0.628. The molecule has 4 nitrogen and oxygen atoms in total. The van der Waals surface area contributed by atoms with Crippen molar-refractivity contribution >= 4 is 33.5 Å². The lowest BCUT2D eigenvalue weighted by Crippen LogP contribution is -2.33. The van der Waals surface area contributed by atoms with Crippen LogP contribution in [-0.4, -0.2) is 26.0 Å². The molecule has 0 bridgehead atoms. The van der Waals surface area contributed by atoms with Gasteiger partial charge < -0.3 is 9.64 Å². The molecule has 0 unspecified atom stereocenters. The van der Waals surface area contributed by atoms with E-state index in [0.717, 1.165) is 15.7 Å². The van der Waals surface area contributed by atoms with E-state index in [4.69, 9.17) is 4.74 Å². The summed E-state index contributed by atoms with van der Waals surface area (Å²) in [6, 6.07) is 3.41. The van der Waals surface area contributed by atoms with Gasteiger partial charge in [0, 0.05) is 11.5 Å². The Labute approximate surface area is 114 Å². The third-order valence-electron chi connectivity index (χ3n) is 3.33. The maximum absolute atomic E-state index is 12.2. The van der Waals surface area contributed by atoms with Crippen molar-refractivity contribution in [2.45, 2.75) is 19.3 Å². The van der Waals surface area contributed by atoms with Crippen molar-refractivity contribution in [1.82, 2.24) is 0 Å². The second-order valence-electron chi connectivity index (χ2n) is 4.83. The van der Waals surface area contributed by atoms with Gasteiger partial charge in [-0.25, -0.2) is 4.79 Å². The first-order chi connectivity index (χ1) is 8.30. The third-order valence-corrected chi connectivity index (χ3v) is 3.94. The molecule has 0 aliphatic carbocycles. The number of hydrogen-bond acceptors (Lipinski definition) is 3. The highest BCUT2D eigenvalue weighted by Crippen LogP contribution is 2.45. The van der Waals surface area contributed by atoms with E-state index in [9.17, 15) is 9.59 Å². The van der Waals surface area contributed by atoms with Gasteiger partial charge >= 0.3 is 5.97 Å². The number of esters is 1. The van der Waals surface area contributed by atoms with E-state index >= 15 is 0 Å². The van der Waals surface area contributed by atoms with Gasteiger partial charge in [-0.2, -0.15) is 0 Å². The molecule has 0 N–H and O–H groups in total. The number of hydrogen-bond donors (Lipinski definition) is 0. The van der Waals surface area contributed by atoms with Gasteiger partial charge in [0.2, 0.25) is 5.91 Å². The Hall–Kier alpha value is -1.36. The predicted octanol–water partition coefficient (Wildman–Crippen LogP) is 2.49. The van der Waals surface area contributed by atoms with Crippen molar-refractivity contribution < 1.29 is 14.3 Å². The maximum Gasteiger partial charge on any atom is 0.337 e. The highest BCUT2D eigenvalue weighted by molar-refractivity contribution is 9.10. The Morgan fingerprint density at radius 3 is 2.56 bits per heavy atom. The van der Waals surface area contributed by atoms with E-state index in [-0.39, 0.29) is 5.91 Å². The van der Waals surface area contributed by atoms with Crippen molar-refractivity contribution in [2.75, 3.05) is 19.1 Å². The fourth-order valence-corrected chi connectivity index (χ4v) is 3.01. The van der Waals surface area contributed by atoms with Gasteiger partial charge in [0.1, 0.15) is 0 Å². The van der Waals surface area contributed by atoms with Gasteiger partial charge in [0.15, 0.2) is 0 Å². The van der Waals surface area contributed by atoms with E-state index in [1.54, 1.807) is 24.1 Å². The highest BCUT2D eigenvalue weighted by atomic mass is 79.9. The number of halogens is 1. The summed E-state index contributed by atoms with van der Waals surface area (Å²) < 4.78 is 5.44. The zero-order valence-electron chi connectivity index (χ0n) is 10.7. The summed E-state index contributed by atoms with van der Waals surface area (Å²) in [4.78, 5) is 25.4. The van der Waals surface area contributed by atoms with E-state index < -0.39 is 11.4 Å². The predicted molar refractivity (Wildman–Crippen MR) is 71.9 cm³/mol. The summed E-state index contributed by atoms with van der Waals surface area (Å²) in [5.41, 5.74) is 1.47. The quantitative estimate of drug-likeness (QED) is 0.749. The lowest BCUT2D eigenvalue weighted by Gasteiger charge is -2.16. The number of methoxy groups -OCH3 is 1. The molecule has 96 valence electrons. The van der Waals surface area contributed by atoms with E-state index in [1.807, 2.05) is 13.8 Å². The number of amides is 1. The molecule has 2 rings (SSSR count). The van der Waals surface area contributed by atoms with Crippen LogP contribution in [0, 0.1) is 0 Å². The van der Waals surface area contributed by atoms with Crippen LogP contribution in [0.2, 0.25) is 0 Å². The molecule has 1 heterocycles. The van der Waals surface area contributed by atoms with Crippen molar-refractivity contribution in [3.8, 4) is 0 Å². The summed E-state index contributed by atoms with van der Waals surface area (Å²) in [5.74, 6) is -0.392. The van der Waals surface area contributed by atoms with E-state index in [0.29, 0.717) is 5.56 Å². The summed E-state index contributed by atoms with van der Waals surface area (Å²) in [5, 5.41) is 0. The molecule has 0 saturated heterocycles. The SMILES string of the molecule is COC(=O)c1cc(Br)c2c(c1)C(C)(C)C(=O)N2C. The van der Waals surface area contributed by atoms with Gasteiger partial charge in [0.05, 0.1) is 23.8 Å². The molecule has 1 aromatic rings. The van der Waals surface area contributed by atoms with Gasteiger partial charge in [-0.05, 0) is 47.5 Å². The van der Waals surface area contributed by atoms with Crippen LogP contribution in [-0.2, 0) is 14.9 Å². The molecule has 0 saturated carbocycles. The first-order valence-electron chi connectivity index (χ1n) is 5.51. The van der Waals surface area contributed by atoms with Crippen LogP contribution in [0.5, 0.6) is 0 Å². The number of carbonyl (C=O) groups excluding carboxylic acids is 2. The minimum Gasteiger partial charge on any atom is -0.465 e. The molecule has 1 amide bonds. The number of fused-ring (bicyclic) bond motifs is 1. The zero-order chi connectivity index (χ0) is 13.7. The Kier molecular flexibility index (Phi) is 2.97. The number of nitrogens with zero attached hydrogens (tertiary/aromatic N) is 1. The number of carbonyl (C=O) groups is 2. The van der Waals surface area contributed by atoms with Gasteiger partial charge in [0.25, 0.3) is 0 Å². The lowest BCUT2D eigenvalue weighted by molar-refractivity contribution is -0.121. The van der Waals surface area contributed by atoms with E-state index in [1.165, 1.54) is 7.11 Å². The van der Waals surface area contributed by atoms with Crippen LogP contribution in [0.1, 0.15) is 29.8 Å². The molecule has 1 aromatic carbocycles. The zero-order valence-corrected chi connectivity index (χ0v) is 12.3. The summed E-state index contributed by atoms with van der Waals surface area (Å²) in [6.07, 6.45) is 0. The number of ether oxygens (including phenoxy) is 1. The number of benzene rings is 1. The average Bonchev–Trinajstić information content (AvgIpc) is 2.50. The van der Waals surface area contributed by atoms with Gasteiger partial charge in [-0.1, -0.05) is 0 Å². The van der Waals surface area contributed by atoms with Crippen molar-refractivity contribution in [3.05, 3.63) is 27.7 Å². The van der Waals surface area contributed by atoms with Gasteiger partial charge in [-0.15, -0.1) is 0 Å². The van der Waals surface area contributed by atoms with Crippen LogP contribution in [0.3, 0.4) is 0 Å². The third kappa shape index (κ3) is 1.65. The standard InChI is InChI=1S/C13H14BrNO3/c1-13(2)8-5-7(11(16)18-4)6-9(14)10(8)15(3)12(13)17/h5-6H,1-4H3. The smallest absolute Gasteiger partial charge is 0.337 e. The van der Waals surface area contributed by atoms with Crippen molar-refractivity contribution in [2.24, 2.45) is 0 Å². The molecule has 0 spiro atoms. The Bertz CT molecular complexity index is 551. The maximum atomic E-state index is 12.2. The molecule has 0 aromatic heterocycles. The summed E-state index contributed by atoms with van der Waals surface area (Å²) in [7, 11) is 3.07. The number of rotatable bonds is 1. The molecule has 0 atom stereocenters. The van der Waals surface area contributed by atoms with Crippen LogP contribution < -0.4 is 4.90 Å². The van der Waals surface area contributed by atoms with Crippen LogP contribution in [0.4, 0.5) is 5.69 Å². The molecular formula is C13H14BrNO3. The fraction of sp³-hybridized carbons (Fsp3) is 0.385. The molecule has 18 heavy (non-hydrogen) atoms. The van der Waals surface area contributed by atoms with E-state index in [2.05, 4.69) is 15.9 Å². The molecule has 5 heteroatoms. The van der Waals surface area contributed by atoms with Gasteiger partial charge in [-0.3, -0.25) is 4.79 Å². The monoisotopic (exact) mass is 311 g/mol. The number of likely N-dealkylation sites (N-methyl/N-ethyl adjacent to an activating group) is 1. The lowest BCUT2D eigenvalue weighted by atomic mass is 9.85. The highest BCUT2D eigenvalue weighted by Gasteiger charge is 2.43. The Balaban J connectivity index is 2.69. The largest absolute Gasteiger partial charge is 0.465 e. The minimum absolute atomic E-state index is 0.0141. The second-order valence-corrected chi connectivity index (χ2v) is 5.69. The normalized spacial score (nSPS) is 16.7. The molecule has 1 aliphatic rings. The molecule has 1 aliphatic heterocycles. The molecule has 0 radical (unpaired) electrons. The van der Waals surface area contributed by atoms with Crippen LogP contribution >= 0.6 is 15.9 Å². The molecular weight excluding hydrogens is 298 g/mol. The second kappa shape index (κ2) is 4.09.